The van der Waals surface area contributed by atoms with Crippen LogP contribution < -0.4 is 10.6 Å². The van der Waals surface area contributed by atoms with Crippen molar-refractivity contribution in [3.05, 3.63) is 35.6 Å². The minimum absolute atomic E-state index is 0. The van der Waals surface area contributed by atoms with Crippen LogP contribution in [0.1, 0.15) is 32.4 Å². The molecule has 0 amide bonds. The van der Waals surface area contributed by atoms with Gasteiger partial charge in [-0.1, -0.05) is 12.1 Å². The third kappa shape index (κ3) is 9.15. The molecule has 1 saturated heterocycles. The van der Waals surface area contributed by atoms with E-state index in [9.17, 15) is 4.39 Å². The van der Waals surface area contributed by atoms with Crippen molar-refractivity contribution in [2.75, 3.05) is 59.5 Å². The van der Waals surface area contributed by atoms with Gasteiger partial charge in [0.15, 0.2) is 5.96 Å². The van der Waals surface area contributed by atoms with Crippen molar-refractivity contribution in [3.8, 4) is 0 Å². The van der Waals surface area contributed by atoms with Crippen LogP contribution in [0.5, 0.6) is 0 Å². The van der Waals surface area contributed by atoms with E-state index in [0.717, 1.165) is 57.5 Å². The van der Waals surface area contributed by atoms with E-state index in [1.165, 1.54) is 12.1 Å². The average molecular weight is 521 g/mol. The molecule has 1 unspecified atom stereocenters. The van der Waals surface area contributed by atoms with Crippen molar-refractivity contribution in [1.29, 1.82) is 0 Å². The van der Waals surface area contributed by atoms with Gasteiger partial charge < -0.3 is 20.3 Å². The van der Waals surface area contributed by atoms with Gasteiger partial charge in [-0.25, -0.2) is 4.39 Å². The van der Waals surface area contributed by atoms with Crippen molar-refractivity contribution in [2.24, 2.45) is 4.99 Å². The van der Waals surface area contributed by atoms with E-state index in [0.29, 0.717) is 12.6 Å². The highest BCUT2D eigenvalue weighted by molar-refractivity contribution is 14.0. The maximum Gasteiger partial charge on any atom is 0.191 e. The van der Waals surface area contributed by atoms with Gasteiger partial charge in [0, 0.05) is 38.8 Å². The summed E-state index contributed by atoms with van der Waals surface area (Å²) in [6.07, 6.45) is 0. The van der Waals surface area contributed by atoms with Crippen molar-refractivity contribution >= 4 is 29.9 Å². The normalized spacial score (nSPS) is 16.6. The minimum Gasteiger partial charge on any atom is -0.379 e. The molecule has 6 nitrogen and oxygen atoms in total. The summed E-state index contributed by atoms with van der Waals surface area (Å²) in [6.45, 7) is 12.8. The Kier molecular flexibility index (Phi) is 12.7. The molecule has 166 valence electrons. The largest absolute Gasteiger partial charge is 0.379 e. The lowest BCUT2D eigenvalue weighted by Gasteiger charge is -2.34. The van der Waals surface area contributed by atoms with Gasteiger partial charge >= 0.3 is 0 Å². The fraction of sp³-hybridized carbons (Fsp3) is 0.667. The number of hydrogen-bond donors (Lipinski definition) is 2. The number of halogens is 2. The summed E-state index contributed by atoms with van der Waals surface area (Å²) in [5.74, 6) is 0.609. The van der Waals surface area contributed by atoms with E-state index in [2.05, 4.69) is 48.3 Å². The Morgan fingerprint density at radius 3 is 2.45 bits per heavy atom. The molecule has 2 rings (SSSR count). The van der Waals surface area contributed by atoms with E-state index in [-0.39, 0.29) is 35.8 Å². The van der Waals surface area contributed by atoms with Crippen LogP contribution in [0.2, 0.25) is 0 Å². The number of ether oxygens (including phenoxy) is 1. The number of rotatable bonds is 9. The smallest absolute Gasteiger partial charge is 0.191 e. The van der Waals surface area contributed by atoms with Gasteiger partial charge in [0.1, 0.15) is 5.82 Å². The first kappa shape index (κ1) is 26.1. The molecular formula is C21H37FIN5O. The molecule has 1 heterocycles. The molecule has 1 aliphatic rings. The highest BCUT2D eigenvalue weighted by Gasteiger charge is 2.22. The number of likely N-dealkylation sites (N-methyl/N-ethyl adjacent to an activating group) is 1. The molecule has 0 aliphatic carbocycles. The Morgan fingerprint density at radius 2 is 1.86 bits per heavy atom. The first-order valence-corrected chi connectivity index (χ1v) is 10.3. The quantitative estimate of drug-likeness (QED) is 0.298. The second kappa shape index (κ2) is 14.1. The summed E-state index contributed by atoms with van der Waals surface area (Å²) in [4.78, 5) is 9.50. The van der Waals surface area contributed by atoms with Crippen LogP contribution in [0.3, 0.4) is 0 Å². The molecule has 0 radical (unpaired) electrons. The number of nitrogens with zero attached hydrogens (tertiary/aromatic N) is 3. The summed E-state index contributed by atoms with van der Waals surface area (Å²) in [5.41, 5.74) is 1.09. The standard InChI is InChI=1S/C21H36FN5O.HI/c1-5-23-21(24-10-11-26(4)17(2)3)25-16-20(27-12-14-28-15-13-27)18-6-8-19(22)9-7-18;/h6-9,17,20H,5,10-16H2,1-4H3,(H2,23,24,25);1H. The first-order valence-electron chi connectivity index (χ1n) is 10.3. The molecule has 2 N–H and O–H groups in total. The summed E-state index contributed by atoms with van der Waals surface area (Å²) < 4.78 is 18.9. The Bertz CT molecular complexity index is 593. The van der Waals surface area contributed by atoms with Crippen molar-refractivity contribution in [2.45, 2.75) is 32.9 Å². The van der Waals surface area contributed by atoms with Gasteiger partial charge in [-0.05, 0) is 45.5 Å². The lowest BCUT2D eigenvalue weighted by molar-refractivity contribution is 0.0179. The second-order valence-corrected chi connectivity index (χ2v) is 7.44. The maximum absolute atomic E-state index is 13.4. The molecule has 0 aromatic heterocycles. The Morgan fingerprint density at radius 1 is 1.21 bits per heavy atom. The lowest BCUT2D eigenvalue weighted by Crippen LogP contribution is -2.43. The van der Waals surface area contributed by atoms with Crippen LogP contribution in [0.4, 0.5) is 4.39 Å². The van der Waals surface area contributed by atoms with Crippen LogP contribution in [0.25, 0.3) is 0 Å². The van der Waals surface area contributed by atoms with E-state index in [4.69, 9.17) is 9.73 Å². The van der Waals surface area contributed by atoms with Gasteiger partial charge in [-0.3, -0.25) is 9.89 Å². The first-order chi connectivity index (χ1) is 13.5. The third-order valence-corrected chi connectivity index (χ3v) is 5.15. The van der Waals surface area contributed by atoms with Crippen LogP contribution >= 0.6 is 24.0 Å². The number of nitrogens with one attached hydrogen (secondary N) is 2. The predicted molar refractivity (Wildman–Crippen MR) is 129 cm³/mol. The van der Waals surface area contributed by atoms with Gasteiger partial charge in [-0.15, -0.1) is 24.0 Å². The molecule has 0 spiro atoms. The summed E-state index contributed by atoms with van der Waals surface area (Å²) in [7, 11) is 2.12. The predicted octanol–water partition coefficient (Wildman–Crippen LogP) is 2.71. The molecule has 1 fully saturated rings. The van der Waals surface area contributed by atoms with Crippen LogP contribution in [-0.2, 0) is 4.74 Å². The Balaban J connectivity index is 0.00000420. The van der Waals surface area contributed by atoms with E-state index >= 15 is 0 Å². The van der Waals surface area contributed by atoms with E-state index in [1.54, 1.807) is 0 Å². The summed E-state index contributed by atoms with van der Waals surface area (Å²) >= 11 is 0. The Hall–Kier alpha value is -0.970. The number of morpholine rings is 1. The maximum atomic E-state index is 13.4. The summed E-state index contributed by atoms with van der Waals surface area (Å²) in [5, 5.41) is 6.74. The zero-order valence-corrected chi connectivity index (χ0v) is 20.5. The van der Waals surface area contributed by atoms with Crippen LogP contribution in [0.15, 0.2) is 29.3 Å². The fourth-order valence-corrected chi connectivity index (χ4v) is 3.13. The van der Waals surface area contributed by atoms with Gasteiger partial charge in [0.2, 0.25) is 0 Å². The summed E-state index contributed by atoms with van der Waals surface area (Å²) in [6, 6.07) is 7.41. The number of guanidine groups is 1. The lowest BCUT2D eigenvalue weighted by atomic mass is 10.0. The van der Waals surface area contributed by atoms with Gasteiger partial charge in [-0.2, -0.15) is 0 Å². The van der Waals surface area contributed by atoms with Gasteiger partial charge in [0.25, 0.3) is 0 Å². The number of aliphatic imine (C=N–C) groups is 1. The molecule has 1 aromatic rings. The number of benzene rings is 1. The third-order valence-electron chi connectivity index (χ3n) is 5.15. The Labute approximate surface area is 192 Å². The van der Waals surface area contributed by atoms with Crippen molar-refractivity contribution < 1.29 is 9.13 Å². The zero-order chi connectivity index (χ0) is 20.4. The number of hydrogen-bond acceptors (Lipinski definition) is 4. The van der Waals surface area contributed by atoms with Crippen LogP contribution in [-0.4, -0.2) is 81.3 Å². The molecule has 1 aliphatic heterocycles. The van der Waals surface area contributed by atoms with Gasteiger partial charge in [0.05, 0.1) is 25.8 Å². The molecule has 8 heteroatoms. The molecule has 0 bridgehead atoms. The van der Waals surface area contributed by atoms with E-state index in [1.807, 2.05) is 12.1 Å². The molecule has 0 saturated carbocycles. The fourth-order valence-electron chi connectivity index (χ4n) is 3.13. The molecule has 1 atom stereocenters. The monoisotopic (exact) mass is 521 g/mol. The van der Waals surface area contributed by atoms with Crippen molar-refractivity contribution in [3.63, 3.8) is 0 Å². The van der Waals surface area contributed by atoms with Crippen LogP contribution in [0, 0.1) is 5.82 Å². The molecule has 29 heavy (non-hydrogen) atoms. The zero-order valence-electron chi connectivity index (χ0n) is 18.2. The SMILES string of the molecule is CCNC(=NCC(c1ccc(F)cc1)N1CCOCC1)NCCN(C)C(C)C.I. The highest BCUT2D eigenvalue weighted by atomic mass is 127. The van der Waals surface area contributed by atoms with E-state index < -0.39 is 0 Å². The molecular weight excluding hydrogens is 484 g/mol. The highest BCUT2D eigenvalue weighted by Crippen LogP contribution is 2.22. The van der Waals surface area contributed by atoms with Crippen molar-refractivity contribution in [1.82, 2.24) is 20.4 Å². The molecule has 1 aromatic carbocycles. The average Bonchev–Trinajstić information content (AvgIpc) is 2.70. The minimum atomic E-state index is -0.211. The second-order valence-electron chi connectivity index (χ2n) is 7.44. The topological polar surface area (TPSA) is 52.1 Å².